The van der Waals surface area contributed by atoms with Crippen molar-refractivity contribution in [3.05, 3.63) is 80.5 Å². The van der Waals surface area contributed by atoms with Crippen molar-refractivity contribution in [3.8, 4) is 0 Å². The van der Waals surface area contributed by atoms with Crippen LogP contribution in [0.5, 0.6) is 0 Å². The smallest absolute Gasteiger partial charge is 0.131 e. The van der Waals surface area contributed by atoms with Gasteiger partial charge in [0.15, 0.2) is 0 Å². The molecule has 106 valence electrons. The van der Waals surface area contributed by atoms with Gasteiger partial charge in [0.25, 0.3) is 0 Å². The highest BCUT2D eigenvalue weighted by Crippen LogP contribution is 2.33. The van der Waals surface area contributed by atoms with E-state index in [1.54, 1.807) is 12.1 Å². The maximum Gasteiger partial charge on any atom is 0.131 e. The lowest BCUT2D eigenvalue weighted by atomic mass is 9.94. The number of hydrogen-bond acceptors (Lipinski definition) is 1. The molecule has 0 fully saturated rings. The zero-order valence-corrected chi connectivity index (χ0v) is 14.2. The molecule has 0 saturated carbocycles. The lowest BCUT2D eigenvalue weighted by molar-refractivity contribution is 0.639. The number of fused-ring (bicyclic) bond motifs is 1. The average Bonchev–Trinajstić information content (AvgIpc) is 2.50. The lowest BCUT2D eigenvalue weighted by Crippen LogP contribution is -2.13. The first-order valence-corrected chi connectivity index (χ1v) is 8.04. The summed E-state index contributed by atoms with van der Waals surface area (Å²) in [6, 6.07) is 16.2. The Morgan fingerprint density at radius 1 is 0.857 bits per heavy atom. The first-order chi connectivity index (χ1) is 10.1. The molecule has 2 N–H and O–H groups in total. The zero-order chi connectivity index (χ0) is 15.0. The highest BCUT2D eigenvalue weighted by molar-refractivity contribution is 9.11. The van der Waals surface area contributed by atoms with Crippen LogP contribution in [0.2, 0.25) is 0 Å². The van der Waals surface area contributed by atoms with Gasteiger partial charge in [-0.15, -0.1) is 0 Å². The molecule has 3 aromatic carbocycles. The molecule has 0 saturated heterocycles. The number of benzene rings is 3. The van der Waals surface area contributed by atoms with Gasteiger partial charge in [-0.25, -0.2) is 4.39 Å². The third-order valence-electron chi connectivity index (χ3n) is 3.53. The zero-order valence-electron chi connectivity index (χ0n) is 11.0. The van der Waals surface area contributed by atoms with E-state index >= 15 is 0 Å². The summed E-state index contributed by atoms with van der Waals surface area (Å²) in [5.41, 5.74) is 8.30. The van der Waals surface area contributed by atoms with E-state index < -0.39 is 0 Å². The van der Waals surface area contributed by atoms with Crippen molar-refractivity contribution in [3.63, 3.8) is 0 Å². The summed E-state index contributed by atoms with van der Waals surface area (Å²) in [5, 5.41) is 1.44. The molecule has 0 bridgehead atoms. The van der Waals surface area contributed by atoms with Crippen LogP contribution in [0.3, 0.4) is 0 Å². The SMILES string of the molecule is NC(c1cc(Br)ccc1Br)c1ccc(F)c2ccccc12. The highest BCUT2D eigenvalue weighted by atomic mass is 79.9. The van der Waals surface area contributed by atoms with Gasteiger partial charge in [-0.05, 0) is 40.8 Å². The molecular weight excluding hydrogens is 397 g/mol. The standard InChI is InChI=1S/C17H12Br2FN/c18-10-5-7-15(19)14(9-10)17(21)13-6-8-16(20)12-4-2-1-3-11(12)13/h1-9,17H,21H2. The fourth-order valence-electron chi connectivity index (χ4n) is 2.48. The van der Waals surface area contributed by atoms with Gasteiger partial charge in [0.1, 0.15) is 5.82 Å². The molecule has 0 amide bonds. The Balaban J connectivity index is 2.20. The highest BCUT2D eigenvalue weighted by Gasteiger charge is 2.16. The van der Waals surface area contributed by atoms with Crippen LogP contribution in [0.15, 0.2) is 63.5 Å². The Hall–Kier alpha value is -1.23. The summed E-state index contributed by atoms with van der Waals surface area (Å²) < 4.78 is 15.8. The van der Waals surface area contributed by atoms with Crippen LogP contribution >= 0.6 is 31.9 Å². The van der Waals surface area contributed by atoms with Crippen LogP contribution in [0.1, 0.15) is 17.2 Å². The summed E-state index contributed by atoms with van der Waals surface area (Å²) in [6.45, 7) is 0. The molecular formula is C17H12Br2FN. The lowest BCUT2D eigenvalue weighted by Gasteiger charge is -2.17. The van der Waals surface area contributed by atoms with E-state index in [9.17, 15) is 4.39 Å². The van der Waals surface area contributed by atoms with Crippen molar-refractivity contribution in [2.24, 2.45) is 5.73 Å². The first kappa shape index (κ1) is 14.7. The molecule has 1 atom stereocenters. The number of nitrogens with two attached hydrogens (primary N) is 1. The maximum atomic E-state index is 13.9. The van der Waals surface area contributed by atoms with Gasteiger partial charge in [0.05, 0.1) is 6.04 Å². The summed E-state index contributed by atoms with van der Waals surface area (Å²) >= 11 is 6.99. The minimum absolute atomic E-state index is 0.227. The van der Waals surface area contributed by atoms with Gasteiger partial charge < -0.3 is 5.73 Å². The Morgan fingerprint density at radius 2 is 1.57 bits per heavy atom. The van der Waals surface area contributed by atoms with Crippen LogP contribution < -0.4 is 5.73 Å². The van der Waals surface area contributed by atoms with E-state index in [4.69, 9.17) is 5.73 Å². The monoisotopic (exact) mass is 407 g/mol. The normalized spacial score (nSPS) is 12.6. The summed E-state index contributed by atoms with van der Waals surface area (Å²) in [6.07, 6.45) is 0. The molecule has 0 aliphatic rings. The molecule has 0 radical (unpaired) electrons. The molecule has 0 aromatic heterocycles. The Kier molecular flexibility index (Phi) is 4.11. The predicted molar refractivity (Wildman–Crippen MR) is 91.8 cm³/mol. The van der Waals surface area contributed by atoms with E-state index in [0.29, 0.717) is 5.39 Å². The van der Waals surface area contributed by atoms with Crippen LogP contribution in [0.4, 0.5) is 4.39 Å². The second kappa shape index (κ2) is 5.87. The summed E-state index contributed by atoms with van der Waals surface area (Å²) in [7, 11) is 0. The molecule has 3 aromatic rings. The fourth-order valence-corrected chi connectivity index (χ4v) is 3.35. The largest absolute Gasteiger partial charge is 0.320 e. The van der Waals surface area contributed by atoms with Crippen LogP contribution in [-0.4, -0.2) is 0 Å². The minimum atomic E-state index is -0.331. The van der Waals surface area contributed by atoms with Gasteiger partial charge in [0.2, 0.25) is 0 Å². The Bertz CT molecular complexity index is 817. The van der Waals surface area contributed by atoms with Gasteiger partial charge in [-0.1, -0.05) is 62.2 Å². The summed E-state index contributed by atoms with van der Waals surface area (Å²) in [4.78, 5) is 0. The molecule has 4 heteroatoms. The second-order valence-electron chi connectivity index (χ2n) is 4.83. The van der Waals surface area contributed by atoms with Gasteiger partial charge in [-0.2, -0.15) is 0 Å². The van der Waals surface area contributed by atoms with Crippen molar-refractivity contribution in [2.45, 2.75) is 6.04 Å². The second-order valence-corrected chi connectivity index (χ2v) is 6.60. The first-order valence-electron chi connectivity index (χ1n) is 6.45. The number of hydrogen-bond donors (Lipinski definition) is 1. The molecule has 0 spiro atoms. The molecule has 1 unspecified atom stereocenters. The maximum absolute atomic E-state index is 13.9. The van der Waals surface area contributed by atoms with E-state index in [1.807, 2.05) is 36.4 Å². The van der Waals surface area contributed by atoms with Crippen LogP contribution in [-0.2, 0) is 0 Å². The van der Waals surface area contributed by atoms with Crippen LogP contribution in [0.25, 0.3) is 10.8 Å². The van der Waals surface area contributed by atoms with Crippen molar-refractivity contribution in [1.29, 1.82) is 0 Å². The van der Waals surface area contributed by atoms with Gasteiger partial charge >= 0.3 is 0 Å². The fraction of sp³-hybridized carbons (Fsp3) is 0.0588. The summed E-state index contributed by atoms with van der Waals surface area (Å²) in [5.74, 6) is -0.227. The minimum Gasteiger partial charge on any atom is -0.320 e. The van der Waals surface area contributed by atoms with Crippen molar-refractivity contribution >= 4 is 42.6 Å². The Labute approximate surface area is 139 Å². The molecule has 0 aliphatic carbocycles. The molecule has 1 nitrogen and oxygen atoms in total. The van der Waals surface area contributed by atoms with E-state index in [-0.39, 0.29) is 11.9 Å². The predicted octanol–water partition coefficient (Wildman–Crippen LogP) is 5.55. The number of halogens is 3. The quantitative estimate of drug-likeness (QED) is 0.590. The van der Waals surface area contributed by atoms with Crippen LogP contribution in [0, 0.1) is 5.82 Å². The van der Waals surface area contributed by atoms with E-state index in [0.717, 1.165) is 25.5 Å². The molecule has 0 heterocycles. The van der Waals surface area contributed by atoms with E-state index in [1.165, 1.54) is 6.07 Å². The molecule has 21 heavy (non-hydrogen) atoms. The van der Waals surface area contributed by atoms with Gasteiger partial charge in [0, 0.05) is 14.3 Å². The van der Waals surface area contributed by atoms with Crippen molar-refractivity contribution < 1.29 is 4.39 Å². The van der Waals surface area contributed by atoms with E-state index in [2.05, 4.69) is 31.9 Å². The third-order valence-corrected chi connectivity index (χ3v) is 4.75. The van der Waals surface area contributed by atoms with Crippen molar-refractivity contribution in [2.75, 3.05) is 0 Å². The third kappa shape index (κ3) is 2.76. The van der Waals surface area contributed by atoms with Gasteiger partial charge in [-0.3, -0.25) is 0 Å². The number of rotatable bonds is 2. The molecule has 0 aliphatic heterocycles. The topological polar surface area (TPSA) is 26.0 Å². The average molecular weight is 409 g/mol. The molecule has 3 rings (SSSR count). The van der Waals surface area contributed by atoms with Crippen molar-refractivity contribution in [1.82, 2.24) is 0 Å². The Morgan fingerprint density at radius 3 is 2.33 bits per heavy atom.